The number of benzene rings is 2. The van der Waals surface area contributed by atoms with E-state index in [4.69, 9.17) is 9.26 Å². The van der Waals surface area contributed by atoms with Crippen molar-refractivity contribution in [2.45, 2.75) is 53.3 Å². The maximum atomic E-state index is 13.1. The standard InChI is InChI=1S/C23H27N3O3/c1-15(2)26(23(27)19-7-6-8-20(13-19)28-16(3)4)14-21-24-22(25-29-21)18-11-9-17(5)10-12-18/h6-13,15-16H,14H2,1-5H3. The second-order valence-corrected chi connectivity index (χ2v) is 7.60. The van der Waals surface area contributed by atoms with E-state index in [0.29, 0.717) is 23.0 Å². The van der Waals surface area contributed by atoms with Crippen LogP contribution in [0.4, 0.5) is 0 Å². The number of carbonyl (C=O) groups is 1. The van der Waals surface area contributed by atoms with E-state index in [1.54, 1.807) is 17.0 Å². The van der Waals surface area contributed by atoms with Gasteiger partial charge in [-0.05, 0) is 52.8 Å². The van der Waals surface area contributed by atoms with Crippen LogP contribution in [0.1, 0.15) is 49.5 Å². The Bertz CT molecular complexity index is 962. The Morgan fingerprint density at radius 2 is 1.83 bits per heavy atom. The molecule has 3 aromatic rings. The van der Waals surface area contributed by atoms with Crippen molar-refractivity contribution in [3.63, 3.8) is 0 Å². The molecule has 0 radical (unpaired) electrons. The first-order valence-corrected chi connectivity index (χ1v) is 9.81. The molecule has 0 saturated carbocycles. The van der Waals surface area contributed by atoms with Gasteiger partial charge in [0.25, 0.3) is 5.91 Å². The molecule has 0 N–H and O–H groups in total. The lowest BCUT2D eigenvalue weighted by Gasteiger charge is -2.25. The van der Waals surface area contributed by atoms with Gasteiger partial charge in [-0.2, -0.15) is 4.98 Å². The van der Waals surface area contributed by atoms with Gasteiger partial charge in [-0.3, -0.25) is 4.79 Å². The van der Waals surface area contributed by atoms with Gasteiger partial charge in [0, 0.05) is 17.2 Å². The molecule has 2 aromatic carbocycles. The smallest absolute Gasteiger partial charge is 0.254 e. The summed E-state index contributed by atoms with van der Waals surface area (Å²) in [7, 11) is 0. The fourth-order valence-corrected chi connectivity index (χ4v) is 2.91. The topological polar surface area (TPSA) is 68.5 Å². The Kier molecular flexibility index (Phi) is 6.32. The molecule has 1 amide bonds. The zero-order chi connectivity index (χ0) is 21.0. The van der Waals surface area contributed by atoms with Crippen molar-refractivity contribution in [2.75, 3.05) is 0 Å². The maximum Gasteiger partial charge on any atom is 0.254 e. The Morgan fingerprint density at radius 1 is 1.10 bits per heavy atom. The Labute approximate surface area is 171 Å². The minimum atomic E-state index is -0.107. The van der Waals surface area contributed by atoms with E-state index in [9.17, 15) is 4.79 Å². The van der Waals surface area contributed by atoms with Gasteiger partial charge in [0.05, 0.1) is 6.10 Å². The summed E-state index contributed by atoms with van der Waals surface area (Å²) < 4.78 is 11.1. The van der Waals surface area contributed by atoms with E-state index in [1.807, 2.05) is 71.0 Å². The number of rotatable bonds is 7. The second kappa shape index (κ2) is 8.90. The van der Waals surface area contributed by atoms with Gasteiger partial charge in [-0.25, -0.2) is 0 Å². The van der Waals surface area contributed by atoms with Gasteiger partial charge in [0.1, 0.15) is 12.3 Å². The quantitative estimate of drug-likeness (QED) is 0.572. The van der Waals surface area contributed by atoms with Gasteiger partial charge in [-0.1, -0.05) is 41.1 Å². The van der Waals surface area contributed by atoms with Crippen LogP contribution in [0.5, 0.6) is 5.75 Å². The monoisotopic (exact) mass is 393 g/mol. The molecule has 0 spiro atoms. The Balaban J connectivity index is 1.78. The van der Waals surface area contributed by atoms with Crippen molar-refractivity contribution >= 4 is 5.91 Å². The van der Waals surface area contributed by atoms with Gasteiger partial charge in [0.15, 0.2) is 0 Å². The normalized spacial score (nSPS) is 11.1. The van der Waals surface area contributed by atoms with E-state index < -0.39 is 0 Å². The number of carbonyl (C=O) groups excluding carboxylic acids is 1. The van der Waals surface area contributed by atoms with Crippen molar-refractivity contribution in [3.05, 3.63) is 65.5 Å². The zero-order valence-electron chi connectivity index (χ0n) is 17.5. The van der Waals surface area contributed by atoms with E-state index in [0.717, 1.165) is 11.1 Å². The first kappa shape index (κ1) is 20.6. The second-order valence-electron chi connectivity index (χ2n) is 7.60. The van der Waals surface area contributed by atoms with Crippen LogP contribution in [0.25, 0.3) is 11.4 Å². The third kappa shape index (κ3) is 5.22. The number of hydrogen-bond donors (Lipinski definition) is 0. The van der Waals surface area contributed by atoms with Gasteiger partial charge < -0.3 is 14.2 Å². The molecule has 0 aliphatic carbocycles. The molecule has 0 aliphatic heterocycles. The number of amides is 1. The molecule has 3 rings (SSSR count). The Morgan fingerprint density at radius 3 is 2.48 bits per heavy atom. The van der Waals surface area contributed by atoms with Crippen LogP contribution < -0.4 is 4.74 Å². The molecule has 6 nitrogen and oxygen atoms in total. The van der Waals surface area contributed by atoms with Crippen LogP contribution in [-0.2, 0) is 6.54 Å². The highest BCUT2D eigenvalue weighted by molar-refractivity contribution is 5.94. The molecular formula is C23H27N3O3. The lowest BCUT2D eigenvalue weighted by Crippen LogP contribution is -2.36. The lowest BCUT2D eigenvalue weighted by molar-refractivity contribution is 0.0666. The summed E-state index contributed by atoms with van der Waals surface area (Å²) in [5.41, 5.74) is 2.61. The van der Waals surface area contributed by atoms with Crippen LogP contribution in [0.15, 0.2) is 53.1 Å². The summed E-state index contributed by atoms with van der Waals surface area (Å²) in [4.78, 5) is 19.3. The lowest BCUT2D eigenvalue weighted by atomic mass is 10.1. The number of ether oxygens (including phenoxy) is 1. The molecule has 152 valence electrons. The molecule has 0 saturated heterocycles. The van der Waals surface area contributed by atoms with Crippen LogP contribution in [0, 0.1) is 6.92 Å². The van der Waals surface area contributed by atoms with Crippen LogP contribution in [0.2, 0.25) is 0 Å². The highest BCUT2D eigenvalue weighted by Crippen LogP contribution is 2.20. The number of aryl methyl sites for hydroxylation is 1. The summed E-state index contributed by atoms with van der Waals surface area (Å²) >= 11 is 0. The maximum absolute atomic E-state index is 13.1. The van der Waals surface area contributed by atoms with Gasteiger partial charge >= 0.3 is 0 Å². The predicted molar refractivity (Wildman–Crippen MR) is 112 cm³/mol. The van der Waals surface area contributed by atoms with Crippen molar-refractivity contribution < 1.29 is 14.1 Å². The Hall–Kier alpha value is -3.15. The minimum absolute atomic E-state index is 0.0353. The average Bonchev–Trinajstić information content (AvgIpc) is 3.14. The molecule has 0 fully saturated rings. The first-order valence-electron chi connectivity index (χ1n) is 9.81. The van der Waals surface area contributed by atoms with Crippen molar-refractivity contribution in [1.82, 2.24) is 15.0 Å². The van der Waals surface area contributed by atoms with Crippen LogP contribution in [0.3, 0.4) is 0 Å². The summed E-state index contributed by atoms with van der Waals surface area (Å²) in [6.07, 6.45) is 0.0418. The minimum Gasteiger partial charge on any atom is -0.491 e. The zero-order valence-corrected chi connectivity index (χ0v) is 17.5. The van der Waals surface area contributed by atoms with Crippen LogP contribution in [-0.4, -0.2) is 33.1 Å². The summed E-state index contributed by atoms with van der Waals surface area (Å²) in [5.74, 6) is 1.49. The number of aromatic nitrogens is 2. The van der Waals surface area contributed by atoms with E-state index in [1.165, 1.54) is 0 Å². The van der Waals surface area contributed by atoms with Crippen molar-refractivity contribution in [3.8, 4) is 17.1 Å². The molecule has 0 aliphatic rings. The van der Waals surface area contributed by atoms with Gasteiger partial charge in [-0.15, -0.1) is 0 Å². The molecule has 1 aromatic heterocycles. The molecule has 6 heteroatoms. The third-order valence-corrected chi connectivity index (χ3v) is 4.42. The van der Waals surface area contributed by atoms with Crippen molar-refractivity contribution in [1.29, 1.82) is 0 Å². The molecule has 1 heterocycles. The van der Waals surface area contributed by atoms with Crippen LogP contribution >= 0.6 is 0 Å². The SMILES string of the molecule is Cc1ccc(-c2noc(CN(C(=O)c3cccc(OC(C)C)c3)C(C)C)n2)cc1. The summed E-state index contributed by atoms with van der Waals surface area (Å²) in [6, 6.07) is 15.1. The molecule has 0 unspecified atom stereocenters. The molecule has 0 atom stereocenters. The van der Waals surface area contributed by atoms with Crippen molar-refractivity contribution in [2.24, 2.45) is 0 Å². The number of hydrogen-bond acceptors (Lipinski definition) is 5. The highest BCUT2D eigenvalue weighted by atomic mass is 16.5. The fraction of sp³-hybridized carbons (Fsp3) is 0.348. The molecule has 29 heavy (non-hydrogen) atoms. The molecular weight excluding hydrogens is 366 g/mol. The average molecular weight is 393 g/mol. The van der Waals surface area contributed by atoms with E-state index >= 15 is 0 Å². The highest BCUT2D eigenvalue weighted by Gasteiger charge is 2.22. The summed E-state index contributed by atoms with van der Waals surface area (Å²) in [6.45, 7) is 10.1. The fourth-order valence-electron chi connectivity index (χ4n) is 2.91. The predicted octanol–water partition coefficient (Wildman–Crippen LogP) is 4.88. The number of nitrogens with zero attached hydrogens (tertiary/aromatic N) is 3. The molecule has 0 bridgehead atoms. The van der Waals surface area contributed by atoms with E-state index in [2.05, 4.69) is 10.1 Å². The third-order valence-electron chi connectivity index (χ3n) is 4.42. The van der Waals surface area contributed by atoms with E-state index in [-0.39, 0.29) is 24.6 Å². The van der Waals surface area contributed by atoms with Gasteiger partial charge in [0.2, 0.25) is 11.7 Å². The first-order chi connectivity index (χ1) is 13.8. The summed E-state index contributed by atoms with van der Waals surface area (Å²) in [5, 5.41) is 4.06. The largest absolute Gasteiger partial charge is 0.491 e.